The van der Waals surface area contributed by atoms with Crippen LogP contribution in [0.15, 0.2) is 66.7 Å². The standard InChI is InChI=1S/C29H21BF18NO3.C8H3F6/c1-13(49(2,3)4)23-21(29(46,47)48)11-18(28(43,44)45)12-22(23)52-30(50-19-7-14(24(31,32)33)5-15(8-19)25(34,35)36)51-20-9-16(26(37,38)39)6-17(10-20)27(40,41)42;9-7(10,11)5-2-1-3-6(4-5)8(12,13)14/h5-13H,1-4H3;2-4H/q+1;-1. The molecule has 4 aromatic carbocycles. The van der Waals surface area contributed by atoms with Crippen LogP contribution in [0, 0.1) is 6.07 Å². The SMILES string of the molecule is CC(c1c(OB(Oc2cc(C(F)(F)F)cc(C(F)(F)F)c2)Oc2cc(C(F)(F)F)cc(C(F)(F)F)c2)cc(C(F)(F)F)cc1C(F)(F)F)[N+](C)(C)C.FC(F)(F)c1c[c-]cc(C(F)(F)F)c1. The first-order chi connectivity index (χ1) is 29.3. The molecule has 366 valence electrons. The molecular formula is C37H24BF24NO3. The smallest absolute Gasteiger partial charge is 0.490 e. The van der Waals surface area contributed by atoms with Crippen molar-refractivity contribution in [2.75, 3.05) is 21.1 Å². The van der Waals surface area contributed by atoms with Crippen LogP contribution in [-0.4, -0.2) is 32.9 Å². The quantitative estimate of drug-likeness (QED) is 0.0762. The minimum absolute atomic E-state index is 0.0521. The molecule has 0 amide bonds. The Balaban J connectivity index is 0.000000701. The van der Waals surface area contributed by atoms with Crippen LogP contribution < -0.4 is 14.0 Å². The average molecular weight is 997 g/mol. The van der Waals surface area contributed by atoms with E-state index in [9.17, 15) is 105 Å². The minimum Gasteiger partial charge on any atom is -0.490 e. The van der Waals surface area contributed by atoms with Gasteiger partial charge in [0.2, 0.25) is 0 Å². The highest BCUT2D eigenvalue weighted by atomic mass is 19.4. The molecule has 66 heavy (non-hydrogen) atoms. The van der Waals surface area contributed by atoms with Crippen LogP contribution in [0.25, 0.3) is 0 Å². The van der Waals surface area contributed by atoms with Gasteiger partial charge >= 0.3 is 56.7 Å². The zero-order valence-corrected chi connectivity index (χ0v) is 32.7. The van der Waals surface area contributed by atoms with Crippen LogP contribution in [0.5, 0.6) is 17.2 Å². The summed E-state index contributed by atoms with van der Waals surface area (Å²) >= 11 is 0. The first kappa shape index (κ1) is 55.0. The number of benzene rings is 4. The largest absolute Gasteiger partial charge is 0.864 e. The van der Waals surface area contributed by atoms with Gasteiger partial charge in [0, 0.05) is 0 Å². The summed E-state index contributed by atoms with van der Waals surface area (Å²) in [6, 6.07) is -0.854. The van der Waals surface area contributed by atoms with Crippen LogP contribution in [0.2, 0.25) is 0 Å². The molecule has 0 bridgehead atoms. The molecule has 4 rings (SSSR count). The van der Waals surface area contributed by atoms with Crippen molar-refractivity contribution >= 4 is 7.32 Å². The summed E-state index contributed by atoms with van der Waals surface area (Å²) in [6.45, 7) is 1.02. The Hall–Kier alpha value is -5.38. The number of hydrogen-bond acceptors (Lipinski definition) is 3. The van der Waals surface area contributed by atoms with Crippen molar-refractivity contribution < 1.29 is 124 Å². The van der Waals surface area contributed by atoms with Crippen LogP contribution >= 0.6 is 0 Å². The molecule has 0 heterocycles. The maximum Gasteiger partial charge on any atom is 0.864 e. The third-order valence-electron chi connectivity index (χ3n) is 8.61. The van der Waals surface area contributed by atoms with Gasteiger partial charge in [-0.15, -0.1) is 6.07 Å². The maximum absolute atomic E-state index is 14.3. The molecule has 0 aliphatic carbocycles. The highest BCUT2D eigenvalue weighted by Gasteiger charge is 2.46. The fraction of sp³-hybridized carbons (Fsp3) is 0.351. The minimum atomic E-state index is -5.62. The molecule has 0 N–H and O–H groups in total. The van der Waals surface area contributed by atoms with Crippen molar-refractivity contribution in [3.63, 3.8) is 0 Å². The summed E-state index contributed by atoms with van der Waals surface area (Å²) < 4.78 is 333. The number of quaternary nitrogens is 1. The predicted octanol–water partition coefficient (Wildman–Crippen LogP) is 14.6. The van der Waals surface area contributed by atoms with Gasteiger partial charge in [-0.05, 0) is 55.5 Å². The summed E-state index contributed by atoms with van der Waals surface area (Å²) in [7, 11) is 0.440. The van der Waals surface area contributed by atoms with Gasteiger partial charge in [0.1, 0.15) is 23.3 Å². The second-order valence-electron chi connectivity index (χ2n) is 14.4. The van der Waals surface area contributed by atoms with E-state index in [0.717, 1.165) is 6.92 Å². The second-order valence-corrected chi connectivity index (χ2v) is 14.4. The van der Waals surface area contributed by atoms with Crippen molar-refractivity contribution in [2.24, 2.45) is 0 Å². The third kappa shape index (κ3) is 14.8. The zero-order chi connectivity index (χ0) is 51.2. The highest BCUT2D eigenvalue weighted by Crippen LogP contribution is 2.47. The van der Waals surface area contributed by atoms with E-state index in [2.05, 4.69) is 0 Å². The van der Waals surface area contributed by atoms with E-state index >= 15 is 0 Å². The lowest BCUT2D eigenvalue weighted by molar-refractivity contribution is -0.900. The Morgan fingerprint density at radius 1 is 0.394 bits per heavy atom. The molecule has 0 saturated heterocycles. The van der Waals surface area contributed by atoms with Crippen LogP contribution in [0.1, 0.15) is 63.0 Å². The van der Waals surface area contributed by atoms with E-state index in [1.54, 1.807) is 6.07 Å². The maximum atomic E-state index is 14.3. The zero-order valence-electron chi connectivity index (χ0n) is 32.7. The van der Waals surface area contributed by atoms with Crippen molar-refractivity contribution in [3.8, 4) is 17.2 Å². The second kappa shape index (κ2) is 18.4. The summed E-state index contributed by atoms with van der Waals surface area (Å²) in [5, 5.41) is 0. The predicted molar refractivity (Wildman–Crippen MR) is 179 cm³/mol. The van der Waals surface area contributed by atoms with Crippen molar-refractivity contribution in [2.45, 2.75) is 62.4 Å². The molecular weight excluding hydrogens is 973 g/mol. The van der Waals surface area contributed by atoms with Crippen LogP contribution in [0.3, 0.4) is 0 Å². The Kier molecular flexibility index (Phi) is 15.3. The molecule has 0 spiro atoms. The Morgan fingerprint density at radius 3 is 0.955 bits per heavy atom. The molecule has 0 aromatic heterocycles. The van der Waals surface area contributed by atoms with Crippen LogP contribution in [0.4, 0.5) is 105 Å². The van der Waals surface area contributed by atoms with Gasteiger partial charge in [-0.2, -0.15) is 124 Å². The van der Waals surface area contributed by atoms with Gasteiger partial charge in [-0.25, -0.2) is 0 Å². The number of rotatable bonds is 8. The normalized spacial score (nSPS) is 14.0. The van der Waals surface area contributed by atoms with Gasteiger partial charge in [0.05, 0.1) is 60.1 Å². The van der Waals surface area contributed by atoms with E-state index < -0.39 is 147 Å². The molecule has 0 aliphatic heterocycles. The molecule has 0 aliphatic rings. The van der Waals surface area contributed by atoms with Crippen molar-refractivity contribution in [1.29, 1.82) is 0 Å². The lowest BCUT2D eigenvalue weighted by Crippen LogP contribution is -2.41. The molecule has 1 atom stereocenters. The molecule has 4 nitrogen and oxygen atoms in total. The Morgan fingerprint density at radius 2 is 0.682 bits per heavy atom. The lowest BCUT2D eigenvalue weighted by atomic mass is 9.94. The molecule has 4 aromatic rings. The van der Waals surface area contributed by atoms with Gasteiger partial charge in [-0.3, -0.25) is 0 Å². The van der Waals surface area contributed by atoms with E-state index in [4.69, 9.17) is 14.0 Å². The lowest BCUT2D eigenvalue weighted by Gasteiger charge is -2.34. The summed E-state index contributed by atoms with van der Waals surface area (Å²) in [4.78, 5) is 0. The number of halogens is 24. The van der Waals surface area contributed by atoms with Crippen LogP contribution in [-0.2, 0) is 49.4 Å². The fourth-order valence-corrected chi connectivity index (χ4v) is 5.13. The van der Waals surface area contributed by atoms with Gasteiger partial charge < -0.3 is 18.4 Å². The topological polar surface area (TPSA) is 27.7 Å². The molecule has 0 saturated carbocycles. The number of hydrogen-bond donors (Lipinski definition) is 0. The van der Waals surface area contributed by atoms with E-state index in [0.29, 0.717) is 12.1 Å². The molecule has 1 unspecified atom stereocenters. The summed E-state index contributed by atoms with van der Waals surface area (Å²) in [6.07, 6.45) is -43.1. The average Bonchev–Trinajstić information content (AvgIpc) is 3.11. The molecule has 0 fully saturated rings. The van der Waals surface area contributed by atoms with Gasteiger partial charge in [-0.1, -0.05) is 11.1 Å². The summed E-state index contributed by atoms with van der Waals surface area (Å²) in [5.41, 5.74) is -16.4. The van der Waals surface area contributed by atoms with Crippen molar-refractivity contribution in [1.82, 2.24) is 0 Å². The fourth-order valence-electron chi connectivity index (χ4n) is 5.13. The number of nitrogens with zero attached hydrogens (tertiary/aromatic N) is 1. The summed E-state index contributed by atoms with van der Waals surface area (Å²) in [5.74, 6) is -4.72. The Bertz CT molecular complexity index is 2140. The molecule has 0 radical (unpaired) electrons. The monoisotopic (exact) mass is 997 g/mol. The van der Waals surface area contributed by atoms with E-state index in [1.165, 1.54) is 21.1 Å². The molecule has 29 heteroatoms. The van der Waals surface area contributed by atoms with E-state index in [-0.39, 0.29) is 42.5 Å². The van der Waals surface area contributed by atoms with E-state index in [1.807, 2.05) is 0 Å². The highest BCUT2D eigenvalue weighted by molar-refractivity contribution is 6.39. The Labute approximate surface area is 355 Å². The van der Waals surface area contributed by atoms with Crippen molar-refractivity contribution in [3.05, 3.63) is 123 Å². The third-order valence-corrected chi connectivity index (χ3v) is 8.61. The number of alkyl halides is 24. The first-order valence-electron chi connectivity index (χ1n) is 17.2. The van der Waals surface area contributed by atoms with Gasteiger partial charge in [0.15, 0.2) is 0 Å². The first-order valence-corrected chi connectivity index (χ1v) is 17.2. The van der Waals surface area contributed by atoms with Gasteiger partial charge in [0.25, 0.3) is 0 Å².